The SMILES string of the molecule is CC(C)N1CCC2C(C1)c1cccc3c1N2CC(=O)N3. The van der Waals surface area contributed by atoms with Crippen LogP contribution in [-0.2, 0) is 4.79 Å². The quantitative estimate of drug-likeness (QED) is 0.849. The van der Waals surface area contributed by atoms with Gasteiger partial charge in [0, 0.05) is 31.1 Å². The van der Waals surface area contributed by atoms with E-state index in [0.29, 0.717) is 24.5 Å². The molecule has 0 aromatic heterocycles. The molecular formula is C16H21N3O. The topological polar surface area (TPSA) is 35.6 Å². The van der Waals surface area contributed by atoms with E-state index in [1.165, 1.54) is 11.3 Å². The van der Waals surface area contributed by atoms with Crippen molar-refractivity contribution in [2.45, 2.75) is 38.3 Å². The third kappa shape index (κ3) is 1.61. The van der Waals surface area contributed by atoms with Gasteiger partial charge in [-0.15, -0.1) is 0 Å². The third-order valence-corrected chi connectivity index (χ3v) is 5.08. The van der Waals surface area contributed by atoms with Crippen molar-refractivity contribution in [2.24, 2.45) is 0 Å². The fourth-order valence-corrected chi connectivity index (χ4v) is 4.10. The molecule has 1 amide bonds. The Morgan fingerprint density at radius 2 is 2.20 bits per heavy atom. The fourth-order valence-electron chi connectivity index (χ4n) is 4.10. The molecule has 0 aliphatic carbocycles. The number of carbonyl (C=O) groups excluding carboxylic acids is 1. The number of nitrogens with one attached hydrogen (secondary N) is 1. The van der Waals surface area contributed by atoms with Gasteiger partial charge in [-0.2, -0.15) is 0 Å². The Kier molecular flexibility index (Phi) is 2.58. The van der Waals surface area contributed by atoms with E-state index in [4.69, 9.17) is 0 Å². The highest BCUT2D eigenvalue weighted by molar-refractivity contribution is 6.03. The largest absolute Gasteiger partial charge is 0.357 e. The van der Waals surface area contributed by atoms with Crippen molar-refractivity contribution in [2.75, 3.05) is 29.9 Å². The van der Waals surface area contributed by atoms with Crippen LogP contribution in [0.25, 0.3) is 0 Å². The Morgan fingerprint density at radius 1 is 1.35 bits per heavy atom. The van der Waals surface area contributed by atoms with Crippen molar-refractivity contribution in [1.29, 1.82) is 0 Å². The molecule has 20 heavy (non-hydrogen) atoms. The number of nitrogens with zero attached hydrogens (tertiary/aromatic N) is 2. The molecule has 4 rings (SSSR count). The molecule has 106 valence electrons. The number of hydrogen-bond donors (Lipinski definition) is 1. The molecule has 4 nitrogen and oxygen atoms in total. The van der Waals surface area contributed by atoms with Crippen molar-refractivity contribution in [3.63, 3.8) is 0 Å². The van der Waals surface area contributed by atoms with Crippen LogP contribution in [0.1, 0.15) is 31.7 Å². The minimum absolute atomic E-state index is 0.126. The first-order chi connectivity index (χ1) is 9.65. The summed E-state index contributed by atoms with van der Waals surface area (Å²) in [5, 5.41) is 3.02. The molecule has 0 bridgehead atoms. The van der Waals surface area contributed by atoms with E-state index in [9.17, 15) is 4.79 Å². The molecule has 2 unspecified atom stereocenters. The minimum Gasteiger partial charge on any atom is -0.357 e. The number of carbonyl (C=O) groups is 1. The summed E-state index contributed by atoms with van der Waals surface area (Å²) in [4.78, 5) is 16.8. The molecular weight excluding hydrogens is 250 g/mol. The molecule has 0 spiro atoms. The average Bonchev–Trinajstić information content (AvgIpc) is 2.74. The molecule has 1 N–H and O–H groups in total. The van der Waals surface area contributed by atoms with E-state index >= 15 is 0 Å². The van der Waals surface area contributed by atoms with Crippen LogP contribution in [0.3, 0.4) is 0 Å². The number of anilines is 2. The maximum absolute atomic E-state index is 11.9. The van der Waals surface area contributed by atoms with Crippen LogP contribution >= 0.6 is 0 Å². The predicted octanol–water partition coefficient (Wildman–Crippen LogP) is 2.02. The second kappa shape index (κ2) is 4.22. The maximum atomic E-state index is 11.9. The zero-order chi connectivity index (χ0) is 13.9. The Morgan fingerprint density at radius 3 is 3.00 bits per heavy atom. The van der Waals surface area contributed by atoms with Gasteiger partial charge < -0.3 is 15.1 Å². The number of fused-ring (bicyclic) bond motifs is 3. The van der Waals surface area contributed by atoms with Crippen molar-refractivity contribution < 1.29 is 4.79 Å². The van der Waals surface area contributed by atoms with Crippen LogP contribution in [0.5, 0.6) is 0 Å². The molecule has 0 radical (unpaired) electrons. The summed E-state index contributed by atoms with van der Waals surface area (Å²) in [5.41, 5.74) is 3.72. The van der Waals surface area contributed by atoms with Gasteiger partial charge in [0.15, 0.2) is 0 Å². The molecule has 1 fully saturated rings. The molecule has 1 saturated heterocycles. The van der Waals surface area contributed by atoms with Gasteiger partial charge in [0.1, 0.15) is 0 Å². The first-order valence-corrected chi connectivity index (χ1v) is 7.58. The van der Waals surface area contributed by atoms with Crippen LogP contribution in [0, 0.1) is 0 Å². The van der Waals surface area contributed by atoms with Crippen LogP contribution in [0.4, 0.5) is 11.4 Å². The van der Waals surface area contributed by atoms with Crippen molar-refractivity contribution in [3.8, 4) is 0 Å². The predicted molar refractivity (Wildman–Crippen MR) is 80.3 cm³/mol. The Hall–Kier alpha value is -1.55. The van der Waals surface area contributed by atoms with Gasteiger partial charge in [-0.3, -0.25) is 4.79 Å². The zero-order valence-corrected chi connectivity index (χ0v) is 12.1. The molecule has 1 aromatic carbocycles. The molecule has 2 atom stereocenters. The van der Waals surface area contributed by atoms with E-state index in [0.717, 1.165) is 25.2 Å². The fraction of sp³-hybridized carbons (Fsp3) is 0.562. The lowest BCUT2D eigenvalue weighted by Crippen LogP contribution is -2.50. The smallest absolute Gasteiger partial charge is 0.243 e. The normalized spacial score (nSPS) is 28.4. The van der Waals surface area contributed by atoms with Crippen molar-refractivity contribution in [3.05, 3.63) is 23.8 Å². The lowest BCUT2D eigenvalue weighted by Gasteiger charge is -2.41. The van der Waals surface area contributed by atoms with E-state index in [1.807, 2.05) is 6.07 Å². The molecule has 3 aliphatic rings. The highest BCUT2D eigenvalue weighted by Gasteiger charge is 2.45. The molecule has 3 heterocycles. The molecule has 0 saturated carbocycles. The summed E-state index contributed by atoms with van der Waals surface area (Å²) in [6.45, 7) is 7.32. The van der Waals surface area contributed by atoms with E-state index < -0.39 is 0 Å². The number of hydrogen-bond acceptors (Lipinski definition) is 3. The van der Waals surface area contributed by atoms with Crippen LogP contribution in [0.15, 0.2) is 18.2 Å². The summed E-state index contributed by atoms with van der Waals surface area (Å²) in [6, 6.07) is 7.46. The standard InChI is InChI=1S/C16H21N3O/c1-10(2)18-7-6-14-12(8-18)11-4-3-5-13-16(11)19(14)9-15(20)17-13/h3-5,10,12,14H,6-9H2,1-2H3,(H,17,20). The molecule has 4 heteroatoms. The number of rotatable bonds is 1. The third-order valence-electron chi connectivity index (χ3n) is 5.08. The highest BCUT2D eigenvalue weighted by Crippen LogP contribution is 2.49. The van der Waals surface area contributed by atoms with Gasteiger partial charge in [-0.1, -0.05) is 12.1 Å². The first kappa shape index (κ1) is 12.2. The number of benzene rings is 1. The summed E-state index contributed by atoms with van der Waals surface area (Å²) in [5.74, 6) is 0.676. The summed E-state index contributed by atoms with van der Waals surface area (Å²) < 4.78 is 0. The van der Waals surface area contributed by atoms with Gasteiger partial charge in [-0.05, 0) is 31.9 Å². The molecule has 3 aliphatic heterocycles. The second-order valence-electron chi connectivity index (χ2n) is 6.47. The van der Waals surface area contributed by atoms with Crippen LogP contribution in [-0.4, -0.2) is 42.5 Å². The van der Waals surface area contributed by atoms with Gasteiger partial charge in [0.05, 0.1) is 17.9 Å². The lowest BCUT2D eigenvalue weighted by molar-refractivity contribution is -0.115. The highest BCUT2D eigenvalue weighted by atomic mass is 16.2. The second-order valence-corrected chi connectivity index (χ2v) is 6.47. The number of likely N-dealkylation sites (tertiary alicyclic amines) is 1. The summed E-state index contributed by atoms with van der Waals surface area (Å²) in [6.07, 6.45) is 1.16. The minimum atomic E-state index is 0.126. The Balaban J connectivity index is 1.76. The van der Waals surface area contributed by atoms with E-state index in [1.54, 1.807) is 0 Å². The van der Waals surface area contributed by atoms with Crippen LogP contribution < -0.4 is 10.2 Å². The van der Waals surface area contributed by atoms with E-state index in [2.05, 4.69) is 41.1 Å². The van der Waals surface area contributed by atoms with Crippen molar-refractivity contribution in [1.82, 2.24) is 4.90 Å². The van der Waals surface area contributed by atoms with Crippen LogP contribution in [0.2, 0.25) is 0 Å². The van der Waals surface area contributed by atoms with Gasteiger partial charge in [-0.25, -0.2) is 0 Å². The molecule has 1 aromatic rings. The zero-order valence-electron chi connectivity index (χ0n) is 12.1. The average molecular weight is 271 g/mol. The van der Waals surface area contributed by atoms with Crippen molar-refractivity contribution >= 4 is 17.3 Å². The number of piperidine rings is 1. The maximum Gasteiger partial charge on any atom is 0.243 e. The Bertz CT molecular complexity index is 569. The van der Waals surface area contributed by atoms with Gasteiger partial charge >= 0.3 is 0 Å². The lowest BCUT2D eigenvalue weighted by atomic mass is 9.88. The summed E-state index contributed by atoms with van der Waals surface area (Å²) in [7, 11) is 0. The van der Waals surface area contributed by atoms with Gasteiger partial charge in [0.2, 0.25) is 5.91 Å². The summed E-state index contributed by atoms with van der Waals surface area (Å²) >= 11 is 0. The first-order valence-electron chi connectivity index (χ1n) is 7.58. The monoisotopic (exact) mass is 271 g/mol. The van der Waals surface area contributed by atoms with Gasteiger partial charge in [0.25, 0.3) is 0 Å². The van der Waals surface area contributed by atoms with E-state index in [-0.39, 0.29) is 5.91 Å². The number of amides is 1. The Labute approximate surface area is 119 Å². The number of para-hydroxylation sites is 1.